The molecule has 0 amide bonds. The molecule has 1 aliphatic carbocycles. The molecule has 0 radical (unpaired) electrons. The van der Waals surface area contributed by atoms with E-state index < -0.39 is 48.0 Å². The minimum Gasteiger partial charge on any atom is -0.465 e. The normalized spacial score (nSPS) is 15.4. The van der Waals surface area contributed by atoms with Gasteiger partial charge in [0.05, 0.1) is 50.6 Å². The van der Waals surface area contributed by atoms with E-state index in [-0.39, 0.29) is 69.9 Å². The van der Waals surface area contributed by atoms with Crippen LogP contribution in [-0.4, -0.2) is 80.4 Å². The maximum atomic E-state index is 12.9. The number of hydrogen-bond donors (Lipinski definition) is 0. The average Bonchev–Trinajstić information content (AvgIpc) is 3.24. The predicted octanol–water partition coefficient (Wildman–Crippen LogP) is 6.04. The van der Waals surface area contributed by atoms with E-state index in [4.69, 9.17) is 37.9 Å². The Hall–Kier alpha value is -6.25. The van der Waals surface area contributed by atoms with Crippen LogP contribution in [0.1, 0.15) is 76.3 Å². The molecule has 2 aromatic carbocycles. The van der Waals surface area contributed by atoms with Gasteiger partial charge in [-0.3, -0.25) is 24.0 Å². The standard InChI is InChI=1S/C45H54O15/c1-6-39(46)55-28-30(3)57-43(50)22-20-41(48)53-26-24-33-8-16-37(17-9-33)59-32(5)35-12-14-36(15-13-35)45(52)60-38-18-10-34(11-19-38)25-27-54-42(49)21-23-44(51)58-31(4)29-56-40(47)7-2/h6-11,16-19,30-31,35-36H,1-2,5,12-15,20-29H2,3-4H3. The molecule has 2 unspecified atom stereocenters. The summed E-state index contributed by atoms with van der Waals surface area (Å²) in [5.41, 5.74) is 1.79. The molecule has 0 heterocycles. The zero-order valence-electron chi connectivity index (χ0n) is 34.2. The molecule has 0 aromatic heterocycles. The zero-order chi connectivity index (χ0) is 43.9. The molecule has 1 saturated carbocycles. The van der Waals surface area contributed by atoms with Gasteiger partial charge in [-0.15, -0.1) is 0 Å². The third-order valence-electron chi connectivity index (χ3n) is 9.12. The topological polar surface area (TPSA) is 193 Å². The minimum absolute atomic E-state index is 0.0786. The van der Waals surface area contributed by atoms with Crippen LogP contribution in [0, 0.1) is 11.8 Å². The molecule has 15 nitrogen and oxygen atoms in total. The maximum Gasteiger partial charge on any atom is 0.330 e. The van der Waals surface area contributed by atoms with Gasteiger partial charge in [-0.2, -0.15) is 0 Å². The Morgan fingerprint density at radius 3 is 1.37 bits per heavy atom. The number of esters is 7. The van der Waals surface area contributed by atoms with Gasteiger partial charge in [0.2, 0.25) is 0 Å². The van der Waals surface area contributed by atoms with Crippen molar-refractivity contribution in [1.82, 2.24) is 0 Å². The Balaban J connectivity index is 1.27. The summed E-state index contributed by atoms with van der Waals surface area (Å²) in [6, 6.07) is 14.3. The van der Waals surface area contributed by atoms with Crippen LogP contribution < -0.4 is 9.47 Å². The first kappa shape index (κ1) is 48.1. The quantitative estimate of drug-likeness (QED) is 0.0369. The number of benzene rings is 2. The van der Waals surface area contributed by atoms with E-state index in [1.807, 2.05) is 24.3 Å². The number of allylic oxidation sites excluding steroid dienone is 1. The number of carbonyl (C=O) groups is 7. The fourth-order valence-corrected chi connectivity index (χ4v) is 5.80. The van der Waals surface area contributed by atoms with E-state index >= 15 is 0 Å². The van der Waals surface area contributed by atoms with Gasteiger partial charge in [0.15, 0.2) is 0 Å². The molecule has 2 atom stereocenters. The number of carbonyl (C=O) groups excluding carboxylic acids is 7. The molecule has 0 bridgehead atoms. The highest BCUT2D eigenvalue weighted by molar-refractivity contribution is 5.82. The molecule has 0 N–H and O–H groups in total. The lowest BCUT2D eigenvalue weighted by atomic mass is 9.81. The van der Waals surface area contributed by atoms with E-state index in [9.17, 15) is 33.6 Å². The molecule has 1 aliphatic rings. The number of ether oxygens (including phenoxy) is 8. The first-order chi connectivity index (χ1) is 28.7. The van der Waals surface area contributed by atoms with Crippen molar-refractivity contribution < 1.29 is 71.5 Å². The second-order valence-corrected chi connectivity index (χ2v) is 14.0. The van der Waals surface area contributed by atoms with Crippen molar-refractivity contribution in [3.05, 3.63) is 97.3 Å². The van der Waals surface area contributed by atoms with Crippen LogP contribution in [-0.2, 0) is 74.8 Å². The van der Waals surface area contributed by atoms with Crippen molar-refractivity contribution in [3.63, 3.8) is 0 Å². The van der Waals surface area contributed by atoms with Crippen molar-refractivity contribution >= 4 is 41.8 Å². The molecule has 60 heavy (non-hydrogen) atoms. The fraction of sp³-hybridized carbons (Fsp3) is 0.444. The Labute approximate surface area is 349 Å². The highest BCUT2D eigenvalue weighted by Crippen LogP contribution is 2.34. The first-order valence-electron chi connectivity index (χ1n) is 19.8. The van der Waals surface area contributed by atoms with Crippen LogP contribution >= 0.6 is 0 Å². The van der Waals surface area contributed by atoms with Crippen LogP contribution in [0.4, 0.5) is 0 Å². The summed E-state index contributed by atoms with van der Waals surface area (Å²) in [5.74, 6) is -2.36. The molecular formula is C45H54O15. The molecule has 15 heteroatoms. The van der Waals surface area contributed by atoms with Crippen molar-refractivity contribution in [1.29, 1.82) is 0 Å². The lowest BCUT2D eigenvalue weighted by Gasteiger charge is -2.28. The van der Waals surface area contributed by atoms with E-state index in [0.29, 0.717) is 42.9 Å². The molecule has 0 saturated heterocycles. The smallest absolute Gasteiger partial charge is 0.330 e. The van der Waals surface area contributed by atoms with Crippen LogP contribution in [0.25, 0.3) is 0 Å². The molecular weight excluding hydrogens is 780 g/mol. The number of rotatable bonds is 25. The summed E-state index contributed by atoms with van der Waals surface area (Å²) in [6.45, 7) is 13.8. The highest BCUT2D eigenvalue weighted by atomic mass is 16.6. The lowest BCUT2D eigenvalue weighted by Crippen LogP contribution is -2.27. The third-order valence-corrected chi connectivity index (χ3v) is 9.12. The number of hydrogen-bond acceptors (Lipinski definition) is 15. The van der Waals surface area contributed by atoms with Gasteiger partial charge in [0.25, 0.3) is 0 Å². The first-order valence-corrected chi connectivity index (χ1v) is 19.8. The van der Waals surface area contributed by atoms with Gasteiger partial charge in [0, 0.05) is 30.9 Å². The molecule has 0 spiro atoms. The monoisotopic (exact) mass is 834 g/mol. The van der Waals surface area contributed by atoms with E-state index in [2.05, 4.69) is 19.7 Å². The summed E-state index contributed by atoms with van der Waals surface area (Å²) in [7, 11) is 0. The van der Waals surface area contributed by atoms with Crippen LogP contribution in [0.3, 0.4) is 0 Å². The summed E-state index contributed by atoms with van der Waals surface area (Å²) in [6.07, 6.45) is 3.66. The SMILES string of the molecule is C=CC(=O)OCC(C)OC(=O)CCC(=O)OCCc1ccc(OC(=C)C2CCC(C(=O)Oc3ccc(CCOC(=O)CCC(=O)OC(C)COC(=O)C=C)cc3)CC2)cc1. The van der Waals surface area contributed by atoms with E-state index in [0.717, 1.165) is 36.1 Å². The molecule has 1 fully saturated rings. The maximum absolute atomic E-state index is 12.9. The van der Waals surface area contributed by atoms with Crippen molar-refractivity contribution in [2.75, 3.05) is 26.4 Å². The van der Waals surface area contributed by atoms with Gasteiger partial charge in [0.1, 0.15) is 36.9 Å². The van der Waals surface area contributed by atoms with E-state index in [1.54, 1.807) is 38.1 Å². The van der Waals surface area contributed by atoms with Crippen LogP contribution in [0.2, 0.25) is 0 Å². The second-order valence-electron chi connectivity index (χ2n) is 14.0. The Morgan fingerprint density at radius 2 is 0.950 bits per heavy atom. The van der Waals surface area contributed by atoms with Crippen molar-refractivity contribution in [2.45, 2.75) is 90.3 Å². The fourth-order valence-electron chi connectivity index (χ4n) is 5.80. The predicted molar refractivity (Wildman–Crippen MR) is 215 cm³/mol. The summed E-state index contributed by atoms with van der Waals surface area (Å²) in [5, 5.41) is 0. The van der Waals surface area contributed by atoms with Gasteiger partial charge in [-0.1, -0.05) is 44.0 Å². The summed E-state index contributed by atoms with van der Waals surface area (Å²) < 4.78 is 42.0. The van der Waals surface area contributed by atoms with Gasteiger partial charge < -0.3 is 37.9 Å². The van der Waals surface area contributed by atoms with Crippen LogP contribution in [0.5, 0.6) is 11.5 Å². The average molecular weight is 835 g/mol. The molecule has 2 aromatic rings. The van der Waals surface area contributed by atoms with Gasteiger partial charge in [-0.05, 0) is 74.9 Å². The lowest BCUT2D eigenvalue weighted by molar-refractivity contribution is -0.157. The van der Waals surface area contributed by atoms with Gasteiger partial charge >= 0.3 is 41.8 Å². The largest absolute Gasteiger partial charge is 0.465 e. The molecule has 324 valence electrons. The van der Waals surface area contributed by atoms with Crippen molar-refractivity contribution in [2.24, 2.45) is 11.8 Å². The Bertz CT molecular complexity index is 1660. The zero-order valence-corrected chi connectivity index (χ0v) is 34.2. The third kappa shape index (κ3) is 19.0. The Kier molecular flexibility index (Phi) is 20.8. The van der Waals surface area contributed by atoms with E-state index in [1.165, 1.54) is 0 Å². The highest BCUT2D eigenvalue weighted by Gasteiger charge is 2.30. The summed E-state index contributed by atoms with van der Waals surface area (Å²) in [4.78, 5) is 83.1. The minimum atomic E-state index is -0.664. The molecule has 0 aliphatic heterocycles. The Morgan fingerprint density at radius 1 is 0.567 bits per heavy atom. The molecule has 3 rings (SSSR count). The van der Waals surface area contributed by atoms with Crippen molar-refractivity contribution in [3.8, 4) is 11.5 Å². The van der Waals surface area contributed by atoms with Crippen LogP contribution in [0.15, 0.2) is 86.2 Å². The van der Waals surface area contributed by atoms with Gasteiger partial charge in [-0.25, -0.2) is 9.59 Å². The summed E-state index contributed by atoms with van der Waals surface area (Å²) >= 11 is 0. The second kappa shape index (κ2) is 26.0.